The van der Waals surface area contributed by atoms with E-state index in [1.165, 1.54) is 0 Å². The van der Waals surface area contributed by atoms with Gasteiger partial charge in [-0.1, -0.05) is 0 Å². The largest absolute Gasteiger partial charge is 0.480 e. The summed E-state index contributed by atoms with van der Waals surface area (Å²) in [6, 6.07) is 0. The standard InChI is InChI=1S/C12H21N3O5/c16-8-7-13-1-3-14(9-11(17)18)5-6-15(4-2-13)10-12(19)20/h8H,1-7,9-10H2,(H,17,18)(H,19,20). The van der Waals surface area contributed by atoms with Gasteiger partial charge in [0.25, 0.3) is 0 Å². The minimum atomic E-state index is -0.907. The molecule has 8 heteroatoms. The minimum Gasteiger partial charge on any atom is -0.480 e. The van der Waals surface area contributed by atoms with Crippen molar-refractivity contribution in [3.8, 4) is 0 Å². The highest BCUT2D eigenvalue weighted by Crippen LogP contribution is 2.00. The van der Waals surface area contributed by atoms with E-state index in [1.807, 2.05) is 4.90 Å². The SMILES string of the molecule is O=CCN1CCN(CC(=O)O)CCN(CC(=O)O)CC1. The molecule has 1 saturated heterocycles. The van der Waals surface area contributed by atoms with Gasteiger partial charge >= 0.3 is 11.9 Å². The van der Waals surface area contributed by atoms with Gasteiger partial charge in [0, 0.05) is 39.3 Å². The van der Waals surface area contributed by atoms with Crippen molar-refractivity contribution in [3.05, 3.63) is 0 Å². The fraction of sp³-hybridized carbons (Fsp3) is 0.750. The zero-order valence-electron chi connectivity index (χ0n) is 11.4. The van der Waals surface area contributed by atoms with Crippen molar-refractivity contribution < 1.29 is 24.6 Å². The molecule has 0 amide bonds. The van der Waals surface area contributed by atoms with Gasteiger partial charge in [0.15, 0.2) is 0 Å². The molecule has 0 aromatic carbocycles. The lowest BCUT2D eigenvalue weighted by Crippen LogP contribution is -2.40. The van der Waals surface area contributed by atoms with E-state index in [0.717, 1.165) is 6.29 Å². The van der Waals surface area contributed by atoms with Gasteiger partial charge in [0.05, 0.1) is 19.6 Å². The van der Waals surface area contributed by atoms with Crippen molar-refractivity contribution in [2.45, 2.75) is 0 Å². The Labute approximate surface area is 117 Å². The first-order chi connectivity index (χ1) is 9.51. The second kappa shape index (κ2) is 8.62. The van der Waals surface area contributed by atoms with Crippen molar-refractivity contribution >= 4 is 18.2 Å². The molecule has 1 rings (SSSR count). The first-order valence-electron chi connectivity index (χ1n) is 6.55. The minimum absolute atomic E-state index is 0.0736. The van der Waals surface area contributed by atoms with Crippen LogP contribution in [0, 0.1) is 0 Å². The number of hydrogen-bond acceptors (Lipinski definition) is 6. The number of aliphatic carboxylic acids is 2. The summed E-state index contributed by atoms with van der Waals surface area (Å²) in [4.78, 5) is 37.6. The quantitative estimate of drug-likeness (QED) is 0.556. The molecule has 1 aliphatic heterocycles. The average Bonchev–Trinajstić information content (AvgIpc) is 2.43. The monoisotopic (exact) mass is 287 g/mol. The molecule has 0 aliphatic carbocycles. The summed E-state index contributed by atoms with van der Waals surface area (Å²) in [5.41, 5.74) is 0. The Morgan fingerprint density at radius 3 is 1.45 bits per heavy atom. The summed E-state index contributed by atoms with van der Waals surface area (Å²) in [6.45, 7) is 3.47. The van der Waals surface area contributed by atoms with Gasteiger partial charge in [-0.15, -0.1) is 0 Å². The molecule has 0 radical (unpaired) electrons. The Balaban J connectivity index is 2.64. The van der Waals surface area contributed by atoms with Crippen molar-refractivity contribution in [1.82, 2.24) is 14.7 Å². The molecule has 0 aromatic rings. The number of carbonyl (C=O) groups excluding carboxylic acids is 1. The van der Waals surface area contributed by atoms with Crippen LogP contribution in [-0.4, -0.2) is 102 Å². The van der Waals surface area contributed by atoms with Gasteiger partial charge in [-0.3, -0.25) is 24.3 Å². The normalized spacial score (nSPS) is 19.8. The Hall–Kier alpha value is -1.51. The van der Waals surface area contributed by atoms with Crippen LogP contribution < -0.4 is 0 Å². The van der Waals surface area contributed by atoms with E-state index in [4.69, 9.17) is 10.2 Å². The van der Waals surface area contributed by atoms with Crippen LogP contribution in [0.15, 0.2) is 0 Å². The van der Waals surface area contributed by atoms with E-state index < -0.39 is 11.9 Å². The van der Waals surface area contributed by atoms with Crippen LogP contribution in [0.4, 0.5) is 0 Å². The fourth-order valence-corrected chi connectivity index (χ4v) is 2.17. The molecule has 20 heavy (non-hydrogen) atoms. The second-order valence-corrected chi connectivity index (χ2v) is 4.81. The molecule has 0 unspecified atom stereocenters. The predicted molar refractivity (Wildman–Crippen MR) is 70.7 cm³/mol. The Kier molecular flexibility index (Phi) is 7.13. The van der Waals surface area contributed by atoms with E-state index >= 15 is 0 Å². The van der Waals surface area contributed by atoms with E-state index in [1.54, 1.807) is 9.80 Å². The first kappa shape index (κ1) is 16.5. The number of aldehydes is 1. The average molecular weight is 287 g/mol. The van der Waals surface area contributed by atoms with Crippen LogP contribution >= 0.6 is 0 Å². The Morgan fingerprint density at radius 1 is 0.800 bits per heavy atom. The van der Waals surface area contributed by atoms with Gasteiger partial charge in [-0.05, 0) is 0 Å². The van der Waals surface area contributed by atoms with Crippen molar-refractivity contribution in [1.29, 1.82) is 0 Å². The van der Waals surface area contributed by atoms with Crippen LogP contribution in [0.5, 0.6) is 0 Å². The molecular formula is C12H21N3O5. The van der Waals surface area contributed by atoms with E-state index in [0.29, 0.717) is 39.3 Å². The number of carbonyl (C=O) groups is 3. The van der Waals surface area contributed by atoms with Crippen LogP contribution in [0.1, 0.15) is 0 Å². The van der Waals surface area contributed by atoms with Gasteiger partial charge in [0.2, 0.25) is 0 Å². The number of carboxylic acid groups (broad SMARTS) is 2. The third-order valence-corrected chi connectivity index (χ3v) is 3.25. The summed E-state index contributed by atoms with van der Waals surface area (Å²) < 4.78 is 0. The zero-order chi connectivity index (χ0) is 15.0. The van der Waals surface area contributed by atoms with Gasteiger partial charge in [-0.2, -0.15) is 0 Å². The smallest absolute Gasteiger partial charge is 0.317 e. The lowest BCUT2D eigenvalue weighted by molar-refractivity contribution is -0.140. The highest BCUT2D eigenvalue weighted by molar-refractivity contribution is 5.69. The zero-order valence-corrected chi connectivity index (χ0v) is 11.4. The Bertz CT molecular complexity index is 322. The predicted octanol–water partition coefficient (Wildman–Crippen LogP) is -1.73. The van der Waals surface area contributed by atoms with Gasteiger partial charge < -0.3 is 15.0 Å². The molecule has 0 spiro atoms. The number of nitrogens with zero attached hydrogens (tertiary/aromatic N) is 3. The number of rotatable bonds is 6. The topological polar surface area (TPSA) is 101 Å². The molecule has 114 valence electrons. The van der Waals surface area contributed by atoms with E-state index in [2.05, 4.69) is 0 Å². The molecular weight excluding hydrogens is 266 g/mol. The van der Waals surface area contributed by atoms with E-state index in [-0.39, 0.29) is 19.6 Å². The molecule has 2 N–H and O–H groups in total. The number of carboxylic acids is 2. The lowest BCUT2D eigenvalue weighted by Gasteiger charge is -2.23. The third-order valence-electron chi connectivity index (χ3n) is 3.25. The molecule has 0 bridgehead atoms. The van der Waals surface area contributed by atoms with Gasteiger partial charge in [0.1, 0.15) is 6.29 Å². The van der Waals surface area contributed by atoms with Crippen molar-refractivity contribution in [2.75, 3.05) is 58.9 Å². The van der Waals surface area contributed by atoms with E-state index in [9.17, 15) is 14.4 Å². The molecule has 0 saturated carbocycles. The van der Waals surface area contributed by atoms with Crippen LogP contribution in [-0.2, 0) is 14.4 Å². The first-order valence-corrected chi connectivity index (χ1v) is 6.55. The maximum atomic E-state index is 10.8. The third kappa shape index (κ3) is 6.60. The summed E-state index contributed by atoms with van der Waals surface area (Å²) in [5, 5.41) is 17.7. The molecule has 1 heterocycles. The van der Waals surface area contributed by atoms with Gasteiger partial charge in [-0.25, -0.2) is 0 Å². The highest BCUT2D eigenvalue weighted by Gasteiger charge is 2.18. The van der Waals surface area contributed by atoms with Crippen LogP contribution in [0.2, 0.25) is 0 Å². The maximum Gasteiger partial charge on any atom is 0.317 e. The van der Waals surface area contributed by atoms with Crippen LogP contribution in [0.3, 0.4) is 0 Å². The molecule has 1 fully saturated rings. The lowest BCUT2D eigenvalue weighted by atomic mass is 10.4. The molecule has 1 aliphatic rings. The maximum absolute atomic E-state index is 10.8. The van der Waals surface area contributed by atoms with Crippen molar-refractivity contribution in [3.63, 3.8) is 0 Å². The highest BCUT2D eigenvalue weighted by atomic mass is 16.4. The van der Waals surface area contributed by atoms with Crippen molar-refractivity contribution in [2.24, 2.45) is 0 Å². The van der Waals surface area contributed by atoms with Crippen LogP contribution in [0.25, 0.3) is 0 Å². The molecule has 0 aromatic heterocycles. The molecule has 8 nitrogen and oxygen atoms in total. The summed E-state index contributed by atoms with van der Waals surface area (Å²) in [7, 11) is 0. The summed E-state index contributed by atoms with van der Waals surface area (Å²) in [5.74, 6) is -1.81. The molecule has 0 atom stereocenters. The fourth-order valence-electron chi connectivity index (χ4n) is 2.17. The summed E-state index contributed by atoms with van der Waals surface area (Å²) >= 11 is 0. The number of hydrogen-bond donors (Lipinski definition) is 2. The Morgan fingerprint density at radius 2 is 1.15 bits per heavy atom. The summed E-state index contributed by atoms with van der Waals surface area (Å²) in [6.07, 6.45) is 0.807. The second-order valence-electron chi connectivity index (χ2n) is 4.81.